The predicted molar refractivity (Wildman–Crippen MR) is 244 cm³/mol. The van der Waals surface area contributed by atoms with Crippen molar-refractivity contribution in [2.24, 2.45) is 0 Å². The minimum absolute atomic E-state index is 1.14. The van der Waals surface area contributed by atoms with Crippen LogP contribution >= 0.6 is 0 Å². The summed E-state index contributed by atoms with van der Waals surface area (Å²) in [4.78, 5) is 0. The second-order valence-electron chi connectivity index (χ2n) is 14.9. The number of benzene rings is 9. The molecule has 0 radical (unpaired) electrons. The van der Waals surface area contributed by atoms with Crippen LogP contribution < -0.4 is 20.7 Å². The molecule has 268 valence electrons. The lowest BCUT2D eigenvalue weighted by molar-refractivity contribution is 1.16. The highest BCUT2D eigenvalue weighted by Gasteiger charge is 2.41. The zero-order valence-corrected chi connectivity index (χ0v) is 32.3. The third-order valence-electron chi connectivity index (χ3n) is 11.9. The van der Waals surface area contributed by atoms with E-state index in [4.69, 9.17) is 0 Å². The van der Waals surface area contributed by atoms with Gasteiger partial charge in [-0.1, -0.05) is 188 Å². The van der Waals surface area contributed by atoms with Gasteiger partial charge < -0.3 is 9.13 Å². The maximum atomic E-state index is 2.46. The molecule has 0 bridgehead atoms. The fraction of sp³-hybridized carbons (Fsp3) is 0. The van der Waals surface area contributed by atoms with Crippen LogP contribution in [0.4, 0.5) is 0 Å². The molecule has 0 spiro atoms. The molecule has 9 aromatic carbocycles. The van der Waals surface area contributed by atoms with E-state index in [0.717, 1.165) is 11.4 Å². The van der Waals surface area contributed by atoms with Gasteiger partial charge in [0.15, 0.2) is 8.07 Å². The molecule has 0 aliphatic carbocycles. The molecule has 0 unspecified atom stereocenters. The Hall–Kier alpha value is -7.20. The van der Waals surface area contributed by atoms with Gasteiger partial charge in [0.05, 0.1) is 22.1 Å². The average molecular weight is 743 g/mol. The van der Waals surface area contributed by atoms with Crippen molar-refractivity contribution in [3.05, 3.63) is 231 Å². The van der Waals surface area contributed by atoms with Gasteiger partial charge in [-0.25, -0.2) is 0 Å². The zero-order chi connectivity index (χ0) is 37.8. The zero-order valence-electron chi connectivity index (χ0n) is 31.3. The lowest BCUT2D eigenvalue weighted by Gasteiger charge is -2.34. The van der Waals surface area contributed by atoms with Crippen LogP contribution in [-0.2, 0) is 0 Å². The monoisotopic (exact) mass is 742 g/mol. The molecule has 2 nitrogen and oxygen atoms in total. The Bertz CT molecular complexity index is 3100. The van der Waals surface area contributed by atoms with Gasteiger partial charge in [0.1, 0.15) is 0 Å². The van der Waals surface area contributed by atoms with Crippen molar-refractivity contribution in [1.29, 1.82) is 0 Å². The van der Waals surface area contributed by atoms with E-state index in [1.807, 2.05) is 0 Å². The van der Waals surface area contributed by atoms with Crippen LogP contribution in [0.2, 0.25) is 0 Å². The Morgan fingerprint density at radius 2 is 0.719 bits per heavy atom. The quantitative estimate of drug-likeness (QED) is 0.114. The van der Waals surface area contributed by atoms with Crippen molar-refractivity contribution in [3.63, 3.8) is 0 Å². The number of rotatable bonds is 7. The molecule has 0 aliphatic rings. The van der Waals surface area contributed by atoms with Crippen molar-refractivity contribution in [3.8, 4) is 22.5 Å². The van der Waals surface area contributed by atoms with Gasteiger partial charge in [-0.05, 0) is 74.3 Å². The molecule has 11 aromatic rings. The number of nitrogens with zero attached hydrogens (tertiary/aromatic N) is 2. The van der Waals surface area contributed by atoms with Crippen LogP contribution in [0.1, 0.15) is 0 Å². The van der Waals surface area contributed by atoms with Crippen molar-refractivity contribution < 1.29 is 0 Å². The third-order valence-corrected chi connectivity index (χ3v) is 16.7. The van der Waals surface area contributed by atoms with E-state index < -0.39 is 8.07 Å². The van der Waals surface area contributed by atoms with E-state index in [-0.39, 0.29) is 0 Å². The molecule has 0 saturated heterocycles. The van der Waals surface area contributed by atoms with Gasteiger partial charge >= 0.3 is 0 Å². The average Bonchev–Trinajstić information content (AvgIpc) is 3.81. The Morgan fingerprint density at radius 1 is 0.281 bits per heavy atom. The highest BCUT2D eigenvalue weighted by molar-refractivity contribution is 7.19. The fourth-order valence-electron chi connectivity index (χ4n) is 9.46. The summed E-state index contributed by atoms with van der Waals surface area (Å²) in [5.41, 5.74) is 9.55. The summed E-state index contributed by atoms with van der Waals surface area (Å²) >= 11 is 0. The van der Waals surface area contributed by atoms with E-state index >= 15 is 0 Å². The number of hydrogen-bond acceptors (Lipinski definition) is 0. The summed E-state index contributed by atoms with van der Waals surface area (Å²) in [6.45, 7) is 0. The van der Waals surface area contributed by atoms with Gasteiger partial charge in [-0.2, -0.15) is 0 Å². The fourth-order valence-corrected chi connectivity index (χ4v) is 14.2. The Balaban J connectivity index is 1.13. The first-order valence-electron chi connectivity index (χ1n) is 19.7. The lowest BCUT2D eigenvalue weighted by Crippen LogP contribution is -2.74. The van der Waals surface area contributed by atoms with Crippen molar-refractivity contribution in [1.82, 2.24) is 9.13 Å². The van der Waals surface area contributed by atoms with Crippen LogP contribution in [0.15, 0.2) is 231 Å². The summed E-state index contributed by atoms with van der Waals surface area (Å²) in [6, 6.07) is 85.1. The number of aromatic nitrogens is 2. The smallest absolute Gasteiger partial charge is 0.179 e. The van der Waals surface area contributed by atoms with Crippen molar-refractivity contribution in [2.75, 3.05) is 0 Å². The molecule has 3 heteroatoms. The normalized spacial score (nSPS) is 11.9. The second-order valence-corrected chi connectivity index (χ2v) is 18.7. The predicted octanol–water partition coefficient (Wildman–Crippen LogP) is 10.9. The van der Waals surface area contributed by atoms with Crippen LogP contribution in [0.3, 0.4) is 0 Å². The topological polar surface area (TPSA) is 9.86 Å². The summed E-state index contributed by atoms with van der Waals surface area (Å²) in [5.74, 6) is 0. The van der Waals surface area contributed by atoms with E-state index in [9.17, 15) is 0 Å². The van der Waals surface area contributed by atoms with Crippen molar-refractivity contribution in [2.45, 2.75) is 0 Å². The number of para-hydroxylation sites is 2. The van der Waals surface area contributed by atoms with Crippen LogP contribution in [0.5, 0.6) is 0 Å². The molecule has 0 fully saturated rings. The Kier molecular flexibility index (Phi) is 7.87. The minimum atomic E-state index is -2.65. The highest BCUT2D eigenvalue weighted by Crippen LogP contribution is 2.40. The second kappa shape index (κ2) is 13.5. The minimum Gasteiger partial charge on any atom is -0.309 e. The van der Waals surface area contributed by atoms with E-state index in [1.165, 1.54) is 75.5 Å². The first kappa shape index (κ1) is 33.2. The van der Waals surface area contributed by atoms with Crippen LogP contribution in [0, 0.1) is 0 Å². The van der Waals surface area contributed by atoms with Gasteiger partial charge in [0.25, 0.3) is 0 Å². The van der Waals surface area contributed by atoms with Gasteiger partial charge in [0.2, 0.25) is 0 Å². The molecule has 0 amide bonds. The standard InChI is InChI=1S/C54H38N2Si/c1-5-18-39(19-6-1)46-28-17-31-52-54(46)49-27-14-16-30-51(49)56(52)41-34-37-48-47-26-13-15-29-50(47)55(53(48)38-41)40-32-35-45(36-33-40)57(42-20-7-2-8-21-42,43-22-9-3-10-23-43)44-24-11-4-12-25-44/h1-38H. The SMILES string of the molecule is c1ccc(-c2cccc3c2c2ccccc2n3-c2ccc3c4ccccc4n(-c4ccc([Si](c5ccccc5)(c5ccccc5)c5ccccc5)cc4)c3c2)cc1. The molecule has 57 heavy (non-hydrogen) atoms. The lowest BCUT2D eigenvalue weighted by atomic mass is 9.99. The van der Waals surface area contributed by atoms with Gasteiger partial charge in [0, 0.05) is 32.9 Å². The van der Waals surface area contributed by atoms with Crippen molar-refractivity contribution >= 4 is 72.4 Å². The van der Waals surface area contributed by atoms with E-state index in [0.29, 0.717) is 0 Å². The molecule has 0 aliphatic heterocycles. The molecule has 11 rings (SSSR count). The molecular formula is C54H38N2Si. The molecule has 2 heterocycles. The largest absolute Gasteiger partial charge is 0.309 e. The Morgan fingerprint density at radius 3 is 1.33 bits per heavy atom. The molecular weight excluding hydrogens is 705 g/mol. The van der Waals surface area contributed by atoms with Gasteiger partial charge in [-0.15, -0.1) is 0 Å². The molecule has 2 aromatic heterocycles. The summed E-state index contributed by atoms with van der Waals surface area (Å²) in [5, 5.41) is 10.5. The highest BCUT2D eigenvalue weighted by atomic mass is 28.3. The van der Waals surface area contributed by atoms with E-state index in [2.05, 4.69) is 240 Å². The third kappa shape index (κ3) is 5.17. The first-order valence-corrected chi connectivity index (χ1v) is 21.7. The Labute approximate surface area is 333 Å². The molecule has 0 atom stereocenters. The molecule has 0 saturated carbocycles. The number of fused-ring (bicyclic) bond motifs is 6. The molecule has 0 N–H and O–H groups in total. The van der Waals surface area contributed by atoms with E-state index in [1.54, 1.807) is 0 Å². The van der Waals surface area contributed by atoms with Crippen LogP contribution in [0.25, 0.3) is 66.1 Å². The van der Waals surface area contributed by atoms with Crippen LogP contribution in [-0.4, -0.2) is 17.2 Å². The summed E-state index contributed by atoms with van der Waals surface area (Å²) < 4.78 is 4.90. The first-order chi connectivity index (χ1) is 28.3. The maximum Gasteiger partial charge on any atom is 0.179 e. The summed E-state index contributed by atoms with van der Waals surface area (Å²) in [6.07, 6.45) is 0. The number of hydrogen-bond donors (Lipinski definition) is 0. The van der Waals surface area contributed by atoms with Gasteiger partial charge in [-0.3, -0.25) is 0 Å². The maximum absolute atomic E-state index is 2.65. The summed E-state index contributed by atoms with van der Waals surface area (Å²) in [7, 11) is -2.65.